The van der Waals surface area contributed by atoms with E-state index in [-0.39, 0.29) is 0 Å². The minimum atomic E-state index is 0.671. The summed E-state index contributed by atoms with van der Waals surface area (Å²) in [5, 5.41) is 8.24. The lowest BCUT2D eigenvalue weighted by molar-refractivity contribution is 0.184. The first kappa shape index (κ1) is 6.57. The highest BCUT2D eigenvalue weighted by Crippen LogP contribution is 2.16. The SMILES string of the molecule is N#CCCC1CCOC1. The van der Waals surface area contributed by atoms with Gasteiger partial charge in [-0.05, 0) is 18.8 Å². The fraction of sp³-hybridized carbons (Fsp3) is 0.857. The van der Waals surface area contributed by atoms with Crippen LogP contribution in [0.2, 0.25) is 0 Å². The minimum absolute atomic E-state index is 0.671. The van der Waals surface area contributed by atoms with Gasteiger partial charge in [-0.3, -0.25) is 0 Å². The Morgan fingerprint density at radius 2 is 2.56 bits per heavy atom. The molecule has 0 aromatic carbocycles. The maximum absolute atomic E-state index is 8.24. The Labute approximate surface area is 55.4 Å². The van der Waals surface area contributed by atoms with Gasteiger partial charge in [-0.15, -0.1) is 0 Å². The predicted octanol–water partition coefficient (Wildman–Crippen LogP) is 1.33. The molecule has 2 nitrogen and oxygen atoms in total. The highest BCUT2D eigenvalue weighted by Gasteiger charge is 2.14. The second-order valence-electron chi connectivity index (χ2n) is 2.43. The normalized spacial score (nSPS) is 25.9. The molecule has 0 aliphatic carbocycles. The molecule has 1 fully saturated rings. The van der Waals surface area contributed by atoms with Crippen molar-refractivity contribution in [2.24, 2.45) is 5.92 Å². The lowest BCUT2D eigenvalue weighted by Gasteiger charge is -2.00. The van der Waals surface area contributed by atoms with Gasteiger partial charge in [-0.2, -0.15) is 5.26 Å². The van der Waals surface area contributed by atoms with Gasteiger partial charge in [0.05, 0.1) is 6.07 Å². The van der Waals surface area contributed by atoms with E-state index < -0.39 is 0 Å². The molecule has 9 heavy (non-hydrogen) atoms. The van der Waals surface area contributed by atoms with Gasteiger partial charge in [0.25, 0.3) is 0 Å². The second-order valence-corrected chi connectivity index (χ2v) is 2.43. The number of ether oxygens (including phenoxy) is 1. The molecular weight excluding hydrogens is 114 g/mol. The molecule has 0 N–H and O–H groups in total. The van der Waals surface area contributed by atoms with Crippen LogP contribution in [0.3, 0.4) is 0 Å². The van der Waals surface area contributed by atoms with Gasteiger partial charge in [0.15, 0.2) is 0 Å². The van der Waals surface area contributed by atoms with Crippen LogP contribution < -0.4 is 0 Å². The molecule has 0 bridgehead atoms. The Bertz CT molecular complexity index is 111. The summed E-state index contributed by atoms with van der Waals surface area (Å²) in [4.78, 5) is 0. The van der Waals surface area contributed by atoms with Crippen LogP contribution in [0.4, 0.5) is 0 Å². The predicted molar refractivity (Wildman–Crippen MR) is 33.8 cm³/mol. The van der Waals surface area contributed by atoms with E-state index in [1.54, 1.807) is 0 Å². The fourth-order valence-corrected chi connectivity index (χ4v) is 1.08. The molecule has 1 rings (SSSR count). The van der Waals surface area contributed by atoms with Gasteiger partial charge < -0.3 is 4.74 Å². The van der Waals surface area contributed by atoms with E-state index in [9.17, 15) is 0 Å². The van der Waals surface area contributed by atoms with Crippen LogP contribution in [0.5, 0.6) is 0 Å². The Kier molecular flexibility index (Phi) is 2.53. The monoisotopic (exact) mass is 125 g/mol. The van der Waals surface area contributed by atoms with Crippen LogP contribution in [-0.4, -0.2) is 13.2 Å². The Morgan fingerprint density at radius 1 is 1.67 bits per heavy atom. The van der Waals surface area contributed by atoms with Gasteiger partial charge in [0.1, 0.15) is 0 Å². The summed E-state index contributed by atoms with van der Waals surface area (Å²) in [5.41, 5.74) is 0. The lowest BCUT2D eigenvalue weighted by atomic mass is 10.0. The van der Waals surface area contributed by atoms with Gasteiger partial charge in [-0.25, -0.2) is 0 Å². The number of hydrogen-bond acceptors (Lipinski definition) is 2. The minimum Gasteiger partial charge on any atom is -0.381 e. The molecule has 2 heteroatoms. The number of hydrogen-bond donors (Lipinski definition) is 0. The van der Waals surface area contributed by atoms with Gasteiger partial charge in [-0.1, -0.05) is 0 Å². The Balaban J connectivity index is 2.06. The molecule has 1 unspecified atom stereocenters. The van der Waals surface area contributed by atoms with E-state index in [0.717, 1.165) is 26.1 Å². The topological polar surface area (TPSA) is 33.0 Å². The summed E-state index contributed by atoms with van der Waals surface area (Å²) in [7, 11) is 0. The molecule has 1 heterocycles. The third-order valence-corrected chi connectivity index (χ3v) is 1.69. The zero-order valence-electron chi connectivity index (χ0n) is 5.47. The Morgan fingerprint density at radius 3 is 3.11 bits per heavy atom. The number of nitrogens with zero attached hydrogens (tertiary/aromatic N) is 1. The van der Waals surface area contributed by atoms with Crippen molar-refractivity contribution in [1.29, 1.82) is 5.26 Å². The maximum Gasteiger partial charge on any atom is 0.0621 e. The average molecular weight is 125 g/mol. The summed E-state index contributed by atoms with van der Waals surface area (Å²) < 4.78 is 5.14. The standard InChI is InChI=1S/C7H11NO/c8-4-1-2-7-3-5-9-6-7/h7H,1-3,5-6H2. The van der Waals surface area contributed by atoms with E-state index in [4.69, 9.17) is 10.00 Å². The third kappa shape index (κ3) is 2.03. The highest BCUT2D eigenvalue weighted by molar-refractivity contribution is 4.73. The first-order valence-corrected chi connectivity index (χ1v) is 3.38. The largest absolute Gasteiger partial charge is 0.381 e. The molecule has 1 atom stereocenters. The fourth-order valence-electron chi connectivity index (χ4n) is 1.08. The van der Waals surface area contributed by atoms with E-state index >= 15 is 0 Å². The molecule has 1 saturated heterocycles. The van der Waals surface area contributed by atoms with Crippen LogP contribution >= 0.6 is 0 Å². The molecule has 50 valence electrons. The quantitative estimate of drug-likeness (QED) is 0.557. The van der Waals surface area contributed by atoms with E-state index in [1.165, 1.54) is 0 Å². The molecule has 1 aliphatic heterocycles. The maximum atomic E-state index is 8.24. The number of nitriles is 1. The molecule has 0 amide bonds. The van der Waals surface area contributed by atoms with Crippen molar-refractivity contribution in [1.82, 2.24) is 0 Å². The first-order chi connectivity index (χ1) is 4.43. The van der Waals surface area contributed by atoms with Crippen LogP contribution in [0.15, 0.2) is 0 Å². The van der Waals surface area contributed by atoms with E-state index in [0.29, 0.717) is 12.3 Å². The van der Waals surface area contributed by atoms with Crippen molar-refractivity contribution in [3.63, 3.8) is 0 Å². The summed E-state index contributed by atoms with van der Waals surface area (Å²) in [5.74, 6) is 0.671. The first-order valence-electron chi connectivity index (χ1n) is 3.38. The molecule has 0 saturated carbocycles. The smallest absolute Gasteiger partial charge is 0.0621 e. The summed E-state index contributed by atoms with van der Waals surface area (Å²) in [6.07, 6.45) is 2.87. The van der Waals surface area contributed by atoms with Gasteiger partial charge in [0, 0.05) is 19.6 Å². The van der Waals surface area contributed by atoms with Crippen LogP contribution in [-0.2, 0) is 4.74 Å². The second kappa shape index (κ2) is 3.47. The zero-order valence-corrected chi connectivity index (χ0v) is 5.47. The van der Waals surface area contributed by atoms with E-state index in [2.05, 4.69) is 6.07 Å². The molecule has 0 aromatic heterocycles. The van der Waals surface area contributed by atoms with Crippen molar-refractivity contribution in [3.05, 3.63) is 0 Å². The van der Waals surface area contributed by atoms with Crippen LogP contribution in [0.25, 0.3) is 0 Å². The molecule has 0 radical (unpaired) electrons. The van der Waals surface area contributed by atoms with Crippen LogP contribution in [0.1, 0.15) is 19.3 Å². The van der Waals surface area contributed by atoms with Crippen molar-refractivity contribution in [3.8, 4) is 6.07 Å². The van der Waals surface area contributed by atoms with E-state index in [1.807, 2.05) is 0 Å². The van der Waals surface area contributed by atoms with Crippen molar-refractivity contribution in [2.45, 2.75) is 19.3 Å². The summed E-state index contributed by atoms with van der Waals surface area (Å²) in [6.45, 7) is 1.78. The highest BCUT2D eigenvalue weighted by atomic mass is 16.5. The molecule has 0 aromatic rings. The summed E-state index contributed by atoms with van der Waals surface area (Å²) in [6, 6.07) is 2.14. The Hall–Kier alpha value is -0.550. The van der Waals surface area contributed by atoms with Crippen LogP contribution in [0, 0.1) is 17.2 Å². The molecule has 0 spiro atoms. The molecular formula is C7H11NO. The average Bonchev–Trinajstić information content (AvgIpc) is 2.34. The van der Waals surface area contributed by atoms with Crippen molar-refractivity contribution in [2.75, 3.05) is 13.2 Å². The summed E-state index contributed by atoms with van der Waals surface area (Å²) >= 11 is 0. The zero-order chi connectivity index (χ0) is 6.53. The third-order valence-electron chi connectivity index (χ3n) is 1.69. The van der Waals surface area contributed by atoms with Crippen molar-refractivity contribution < 1.29 is 4.74 Å². The lowest BCUT2D eigenvalue weighted by Crippen LogP contribution is -1.97. The molecule has 1 aliphatic rings. The number of rotatable bonds is 2. The van der Waals surface area contributed by atoms with Gasteiger partial charge in [0.2, 0.25) is 0 Å². The van der Waals surface area contributed by atoms with Gasteiger partial charge >= 0.3 is 0 Å². The van der Waals surface area contributed by atoms with Crippen molar-refractivity contribution >= 4 is 0 Å².